The van der Waals surface area contributed by atoms with E-state index < -0.39 is 0 Å². The van der Waals surface area contributed by atoms with Gasteiger partial charge in [-0.15, -0.1) is 0 Å². The zero-order chi connectivity index (χ0) is 30.0. The molecule has 0 radical (unpaired) electrons. The zero-order valence-electron chi connectivity index (χ0n) is 26.1. The minimum absolute atomic E-state index is 0.0180. The van der Waals surface area contributed by atoms with Gasteiger partial charge in [-0.25, -0.2) is 0 Å². The van der Waals surface area contributed by atoms with E-state index in [0.717, 1.165) is 62.2 Å². The van der Waals surface area contributed by atoms with Crippen molar-refractivity contribution in [3.8, 4) is 17.2 Å². The SMILES string of the molecule is CCCCOc1ccc(C(=O)N(CCN(CCCC)CCCC)Cc2ccc(OCc3ccccc3)c(OC)c2)cc1. The van der Waals surface area contributed by atoms with Crippen LogP contribution >= 0.6 is 0 Å². The summed E-state index contributed by atoms with van der Waals surface area (Å²) in [6, 6.07) is 23.6. The number of ether oxygens (including phenoxy) is 3. The Balaban J connectivity index is 1.76. The summed E-state index contributed by atoms with van der Waals surface area (Å²) in [5, 5.41) is 0. The van der Waals surface area contributed by atoms with Crippen LogP contribution in [0.1, 0.15) is 80.8 Å². The lowest BCUT2D eigenvalue weighted by molar-refractivity contribution is 0.0720. The number of rotatable bonds is 20. The molecule has 0 unspecified atom stereocenters. The quantitative estimate of drug-likeness (QED) is 0.128. The van der Waals surface area contributed by atoms with E-state index in [1.54, 1.807) is 7.11 Å². The maximum Gasteiger partial charge on any atom is 0.254 e. The summed E-state index contributed by atoms with van der Waals surface area (Å²) in [7, 11) is 1.65. The first-order valence-electron chi connectivity index (χ1n) is 15.7. The molecule has 6 nitrogen and oxygen atoms in total. The summed E-state index contributed by atoms with van der Waals surface area (Å²) in [6.07, 6.45) is 6.76. The van der Waals surface area contributed by atoms with Crippen LogP contribution in [0.2, 0.25) is 0 Å². The van der Waals surface area contributed by atoms with Crippen LogP contribution in [0.3, 0.4) is 0 Å². The number of carbonyl (C=O) groups is 1. The van der Waals surface area contributed by atoms with Crippen LogP contribution in [0, 0.1) is 0 Å². The summed E-state index contributed by atoms with van der Waals surface area (Å²) >= 11 is 0. The lowest BCUT2D eigenvalue weighted by Crippen LogP contribution is -2.39. The maximum atomic E-state index is 13.9. The fourth-order valence-electron chi connectivity index (χ4n) is 4.71. The smallest absolute Gasteiger partial charge is 0.254 e. The lowest BCUT2D eigenvalue weighted by Gasteiger charge is -2.28. The summed E-state index contributed by atoms with van der Waals surface area (Å²) in [5.41, 5.74) is 2.76. The Morgan fingerprint density at radius 1 is 0.690 bits per heavy atom. The second-order valence-corrected chi connectivity index (χ2v) is 10.8. The normalized spacial score (nSPS) is 11.0. The van der Waals surface area contributed by atoms with E-state index in [0.29, 0.717) is 43.4 Å². The minimum atomic E-state index is 0.0180. The molecule has 6 heteroatoms. The first kappa shape index (κ1) is 33.0. The first-order chi connectivity index (χ1) is 20.6. The van der Waals surface area contributed by atoms with Gasteiger partial charge in [-0.2, -0.15) is 0 Å². The average molecular weight is 575 g/mol. The van der Waals surface area contributed by atoms with E-state index in [1.165, 1.54) is 12.8 Å². The number of amides is 1. The highest BCUT2D eigenvalue weighted by Gasteiger charge is 2.19. The van der Waals surface area contributed by atoms with Gasteiger partial charge in [0.1, 0.15) is 12.4 Å². The van der Waals surface area contributed by atoms with E-state index >= 15 is 0 Å². The molecular formula is C36H50N2O4. The van der Waals surface area contributed by atoms with Gasteiger partial charge in [0, 0.05) is 25.2 Å². The Morgan fingerprint density at radius 2 is 1.38 bits per heavy atom. The monoisotopic (exact) mass is 574 g/mol. The molecule has 1 amide bonds. The molecule has 0 saturated carbocycles. The predicted molar refractivity (Wildman–Crippen MR) is 172 cm³/mol. The second-order valence-electron chi connectivity index (χ2n) is 10.8. The van der Waals surface area contributed by atoms with Crippen molar-refractivity contribution in [2.45, 2.75) is 72.4 Å². The summed E-state index contributed by atoms with van der Waals surface area (Å²) < 4.78 is 17.6. The lowest BCUT2D eigenvalue weighted by atomic mass is 10.1. The third-order valence-electron chi connectivity index (χ3n) is 7.34. The largest absolute Gasteiger partial charge is 0.494 e. The molecule has 0 aliphatic heterocycles. The molecule has 0 aromatic heterocycles. The van der Waals surface area contributed by atoms with Gasteiger partial charge < -0.3 is 24.0 Å². The molecule has 0 N–H and O–H groups in total. The molecular weight excluding hydrogens is 524 g/mol. The molecule has 0 aliphatic carbocycles. The highest BCUT2D eigenvalue weighted by Crippen LogP contribution is 2.29. The van der Waals surface area contributed by atoms with E-state index in [4.69, 9.17) is 14.2 Å². The maximum absolute atomic E-state index is 13.9. The topological polar surface area (TPSA) is 51.2 Å². The van der Waals surface area contributed by atoms with Crippen LogP contribution in [0.5, 0.6) is 17.2 Å². The van der Waals surface area contributed by atoms with Crippen molar-refractivity contribution in [1.82, 2.24) is 9.80 Å². The number of benzene rings is 3. The fraction of sp³-hybridized carbons (Fsp3) is 0.472. The third-order valence-corrected chi connectivity index (χ3v) is 7.34. The molecule has 0 aliphatic rings. The third kappa shape index (κ3) is 11.1. The Labute approximate surface area is 253 Å². The molecule has 0 atom stereocenters. The van der Waals surface area contributed by atoms with Gasteiger partial charge in [0.05, 0.1) is 13.7 Å². The van der Waals surface area contributed by atoms with Gasteiger partial charge in [-0.3, -0.25) is 4.79 Å². The molecule has 0 heterocycles. The minimum Gasteiger partial charge on any atom is -0.494 e. The van der Waals surface area contributed by atoms with Gasteiger partial charge in [0.2, 0.25) is 0 Å². The van der Waals surface area contributed by atoms with Crippen LogP contribution in [-0.2, 0) is 13.2 Å². The standard InChI is InChI=1S/C36H50N2O4/c1-5-8-22-37(23-9-6-2)24-25-38(36(39)32-17-19-33(20-18-32)41-26-10-7-3)28-31-16-21-34(35(27-31)40-4)42-29-30-14-12-11-13-15-30/h11-21,27H,5-10,22-26,28-29H2,1-4H3. The number of nitrogens with zero attached hydrogens (tertiary/aromatic N) is 2. The van der Waals surface area contributed by atoms with Crippen molar-refractivity contribution in [2.24, 2.45) is 0 Å². The van der Waals surface area contributed by atoms with E-state index in [1.807, 2.05) is 77.7 Å². The number of hydrogen-bond acceptors (Lipinski definition) is 5. The van der Waals surface area contributed by atoms with E-state index in [9.17, 15) is 4.79 Å². The fourth-order valence-corrected chi connectivity index (χ4v) is 4.71. The molecule has 3 aromatic carbocycles. The average Bonchev–Trinajstić information content (AvgIpc) is 3.03. The number of hydrogen-bond donors (Lipinski definition) is 0. The van der Waals surface area contributed by atoms with Gasteiger partial charge >= 0.3 is 0 Å². The molecule has 42 heavy (non-hydrogen) atoms. The molecule has 0 saturated heterocycles. The van der Waals surface area contributed by atoms with Gasteiger partial charge in [0.15, 0.2) is 11.5 Å². The Hall–Kier alpha value is -3.51. The molecule has 3 rings (SSSR count). The Bertz CT molecular complexity index is 1160. The second kappa shape index (κ2) is 18.8. The van der Waals surface area contributed by atoms with Crippen LogP contribution in [0.4, 0.5) is 0 Å². The van der Waals surface area contributed by atoms with Crippen molar-refractivity contribution in [2.75, 3.05) is 39.9 Å². The molecule has 0 bridgehead atoms. The summed E-state index contributed by atoms with van der Waals surface area (Å²) in [6.45, 7) is 11.8. The van der Waals surface area contributed by atoms with Crippen molar-refractivity contribution in [1.29, 1.82) is 0 Å². The highest BCUT2D eigenvalue weighted by molar-refractivity contribution is 5.94. The van der Waals surface area contributed by atoms with Crippen molar-refractivity contribution < 1.29 is 19.0 Å². The number of unbranched alkanes of at least 4 members (excludes halogenated alkanes) is 3. The van der Waals surface area contributed by atoms with Gasteiger partial charge in [-0.1, -0.05) is 76.4 Å². The molecule has 3 aromatic rings. The molecule has 0 fully saturated rings. The first-order valence-corrected chi connectivity index (χ1v) is 15.7. The van der Waals surface area contributed by atoms with E-state index in [-0.39, 0.29) is 5.91 Å². The van der Waals surface area contributed by atoms with Crippen LogP contribution in [0.25, 0.3) is 0 Å². The Kier molecular flexibility index (Phi) is 14.8. The highest BCUT2D eigenvalue weighted by atomic mass is 16.5. The van der Waals surface area contributed by atoms with Crippen LogP contribution in [0.15, 0.2) is 72.8 Å². The van der Waals surface area contributed by atoms with Crippen molar-refractivity contribution in [3.63, 3.8) is 0 Å². The van der Waals surface area contributed by atoms with Crippen molar-refractivity contribution >= 4 is 5.91 Å². The number of carbonyl (C=O) groups excluding carboxylic acids is 1. The van der Waals surface area contributed by atoms with Gasteiger partial charge in [-0.05, 0) is 79.9 Å². The zero-order valence-corrected chi connectivity index (χ0v) is 26.1. The predicted octanol–water partition coefficient (Wildman–Crippen LogP) is 8.00. The van der Waals surface area contributed by atoms with Crippen molar-refractivity contribution in [3.05, 3.63) is 89.5 Å². The molecule has 0 spiro atoms. The summed E-state index contributed by atoms with van der Waals surface area (Å²) in [5.74, 6) is 2.17. The molecule has 228 valence electrons. The summed E-state index contributed by atoms with van der Waals surface area (Å²) in [4.78, 5) is 18.3. The van der Waals surface area contributed by atoms with Crippen LogP contribution in [-0.4, -0.2) is 55.6 Å². The van der Waals surface area contributed by atoms with Gasteiger partial charge in [0.25, 0.3) is 5.91 Å². The van der Waals surface area contributed by atoms with E-state index in [2.05, 4.69) is 25.7 Å². The van der Waals surface area contributed by atoms with Crippen LogP contribution < -0.4 is 14.2 Å². The number of methoxy groups -OCH3 is 1. The Morgan fingerprint density at radius 3 is 2.02 bits per heavy atom.